The zero-order valence-electron chi connectivity index (χ0n) is 9.83. The molecule has 2 rings (SSSR count). The Morgan fingerprint density at radius 2 is 2.00 bits per heavy atom. The van der Waals surface area contributed by atoms with Gasteiger partial charge in [-0.3, -0.25) is 4.79 Å². The lowest BCUT2D eigenvalue weighted by atomic mass is 10.3. The molecule has 1 aromatic carbocycles. The number of rotatable bonds is 2. The van der Waals surface area contributed by atoms with E-state index in [-0.39, 0.29) is 10.2 Å². The van der Waals surface area contributed by atoms with Crippen LogP contribution in [0.25, 0.3) is 5.69 Å². The quantitative estimate of drug-likeness (QED) is 0.846. The minimum absolute atomic E-state index is 0.147. The van der Waals surface area contributed by atoms with Crippen LogP contribution in [-0.4, -0.2) is 28.0 Å². The first-order valence-corrected chi connectivity index (χ1v) is 6.01. The number of hydrogen-bond donors (Lipinski definition) is 1. The van der Waals surface area contributed by atoms with Gasteiger partial charge in [-0.05, 0) is 28.1 Å². The highest BCUT2D eigenvalue weighted by Crippen LogP contribution is 2.23. The summed E-state index contributed by atoms with van der Waals surface area (Å²) in [6, 6.07) is 8.53. The molecule has 0 radical (unpaired) electrons. The van der Waals surface area contributed by atoms with E-state index in [4.69, 9.17) is 0 Å². The maximum absolute atomic E-state index is 12.0. The average Bonchev–Trinajstić information content (AvgIpc) is 2.45. The van der Waals surface area contributed by atoms with E-state index in [2.05, 4.69) is 25.8 Å². The number of benzene rings is 1. The van der Waals surface area contributed by atoms with Gasteiger partial charge in [-0.25, -0.2) is 4.79 Å². The molecular formula is C12H9BrN2O4. The molecular weight excluding hydrogens is 316 g/mol. The van der Waals surface area contributed by atoms with Crippen molar-refractivity contribution in [3.05, 3.63) is 50.9 Å². The van der Waals surface area contributed by atoms with E-state index in [9.17, 15) is 14.7 Å². The van der Waals surface area contributed by atoms with Gasteiger partial charge < -0.3 is 9.84 Å². The van der Waals surface area contributed by atoms with Crippen LogP contribution in [0, 0.1) is 0 Å². The van der Waals surface area contributed by atoms with Crippen LogP contribution >= 0.6 is 15.9 Å². The molecule has 6 nitrogen and oxygen atoms in total. The zero-order chi connectivity index (χ0) is 14.0. The lowest BCUT2D eigenvalue weighted by molar-refractivity contribution is 0.0587. The Morgan fingerprint density at radius 1 is 1.37 bits per heavy atom. The smallest absolute Gasteiger partial charge is 0.362 e. The second-order valence-electron chi connectivity index (χ2n) is 3.56. The fraction of sp³-hybridized carbons (Fsp3) is 0.0833. The van der Waals surface area contributed by atoms with Crippen LogP contribution in [0.15, 0.2) is 39.6 Å². The van der Waals surface area contributed by atoms with Crippen LogP contribution in [0.4, 0.5) is 0 Å². The van der Waals surface area contributed by atoms with Gasteiger partial charge in [0, 0.05) is 0 Å². The number of esters is 1. The summed E-state index contributed by atoms with van der Waals surface area (Å²) in [6.07, 6.45) is 0. The van der Waals surface area contributed by atoms with E-state index in [1.807, 2.05) is 0 Å². The second-order valence-corrected chi connectivity index (χ2v) is 4.35. The molecule has 7 heteroatoms. The normalized spacial score (nSPS) is 10.2. The molecule has 0 aliphatic heterocycles. The van der Waals surface area contributed by atoms with Gasteiger partial charge in [0.2, 0.25) is 5.69 Å². The number of aromatic nitrogens is 2. The van der Waals surface area contributed by atoms with Crippen LogP contribution in [0.5, 0.6) is 5.75 Å². The standard InChI is InChI=1S/C12H9BrN2O4/c1-19-12(18)9-10(16)8(13)11(17)15(14-9)7-5-3-2-4-6-7/h2-6,16H,1H3. The van der Waals surface area contributed by atoms with Gasteiger partial charge in [-0.2, -0.15) is 9.78 Å². The molecule has 0 spiro atoms. The summed E-state index contributed by atoms with van der Waals surface area (Å²) in [5.74, 6) is -1.37. The summed E-state index contributed by atoms with van der Waals surface area (Å²) in [5, 5.41) is 13.6. The molecule has 0 aliphatic carbocycles. The van der Waals surface area contributed by atoms with Crippen molar-refractivity contribution in [1.82, 2.24) is 9.78 Å². The fourth-order valence-electron chi connectivity index (χ4n) is 1.47. The first-order valence-electron chi connectivity index (χ1n) is 5.21. The molecule has 19 heavy (non-hydrogen) atoms. The highest BCUT2D eigenvalue weighted by molar-refractivity contribution is 9.10. The number of hydrogen-bond acceptors (Lipinski definition) is 5. The minimum Gasteiger partial charge on any atom is -0.504 e. The van der Waals surface area contributed by atoms with E-state index in [0.29, 0.717) is 5.69 Å². The molecule has 0 atom stereocenters. The third-order valence-electron chi connectivity index (χ3n) is 2.39. The topological polar surface area (TPSA) is 81.4 Å². The van der Waals surface area contributed by atoms with Crippen molar-refractivity contribution in [2.24, 2.45) is 0 Å². The molecule has 1 heterocycles. The predicted molar refractivity (Wildman–Crippen MR) is 70.5 cm³/mol. The highest BCUT2D eigenvalue weighted by atomic mass is 79.9. The van der Waals surface area contributed by atoms with Gasteiger partial charge in [0.15, 0.2) is 5.75 Å². The molecule has 98 valence electrons. The van der Waals surface area contributed by atoms with Crippen LogP contribution in [0.1, 0.15) is 10.5 Å². The van der Waals surface area contributed by atoms with Crippen molar-refractivity contribution in [3.8, 4) is 11.4 Å². The van der Waals surface area contributed by atoms with Crippen LogP contribution in [0.3, 0.4) is 0 Å². The van der Waals surface area contributed by atoms with Crippen molar-refractivity contribution in [3.63, 3.8) is 0 Å². The summed E-state index contributed by atoms with van der Waals surface area (Å²) in [5.41, 5.74) is -0.437. The molecule has 1 aromatic heterocycles. The lowest BCUT2D eigenvalue weighted by Gasteiger charge is -2.09. The molecule has 0 amide bonds. The predicted octanol–water partition coefficient (Wildman–Crippen LogP) is 1.49. The summed E-state index contributed by atoms with van der Waals surface area (Å²) >= 11 is 2.94. The Kier molecular flexibility index (Phi) is 3.66. The number of ether oxygens (including phenoxy) is 1. The number of methoxy groups -OCH3 is 1. The van der Waals surface area contributed by atoms with E-state index < -0.39 is 17.3 Å². The Labute approximate surface area is 116 Å². The van der Waals surface area contributed by atoms with Gasteiger partial charge in [0.05, 0.1) is 12.8 Å². The SMILES string of the molecule is COC(=O)c1nn(-c2ccccc2)c(=O)c(Br)c1O. The summed E-state index contributed by atoms with van der Waals surface area (Å²) in [6.45, 7) is 0. The number of halogens is 1. The van der Waals surface area contributed by atoms with Crippen molar-refractivity contribution in [2.75, 3.05) is 7.11 Å². The Balaban J connectivity index is 2.73. The minimum atomic E-state index is -0.831. The average molecular weight is 325 g/mol. The van der Waals surface area contributed by atoms with Crippen molar-refractivity contribution in [2.45, 2.75) is 0 Å². The van der Waals surface area contributed by atoms with Crippen LogP contribution in [-0.2, 0) is 4.74 Å². The number of nitrogens with zero attached hydrogens (tertiary/aromatic N) is 2. The van der Waals surface area contributed by atoms with Crippen molar-refractivity contribution < 1.29 is 14.6 Å². The maximum Gasteiger partial charge on any atom is 0.362 e. The number of aromatic hydroxyl groups is 1. The highest BCUT2D eigenvalue weighted by Gasteiger charge is 2.21. The molecule has 0 fully saturated rings. The fourth-order valence-corrected chi connectivity index (χ4v) is 1.83. The second kappa shape index (κ2) is 5.23. The van der Waals surface area contributed by atoms with Crippen molar-refractivity contribution in [1.29, 1.82) is 0 Å². The van der Waals surface area contributed by atoms with Crippen molar-refractivity contribution >= 4 is 21.9 Å². The Bertz CT molecular complexity index is 682. The molecule has 0 saturated heterocycles. The lowest BCUT2D eigenvalue weighted by Crippen LogP contribution is -2.25. The third-order valence-corrected chi connectivity index (χ3v) is 3.11. The monoisotopic (exact) mass is 324 g/mol. The van der Waals surface area contributed by atoms with Gasteiger partial charge in [-0.1, -0.05) is 18.2 Å². The summed E-state index contributed by atoms with van der Waals surface area (Å²) < 4.78 is 5.37. The van der Waals surface area contributed by atoms with Gasteiger partial charge in [0.25, 0.3) is 5.56 Å². The van der Waals surface area contributed by atoms with Crippen LogP contribution < -0.4 is 5.56 Å². The van der Waals surface area contributed by atoms with E-state index in [0.717, 1.165) is 11.8 Å². The summed E-state index contributed by atoms with van der Waals surface area (Å²) in [4.78, 5) is 23.5. The van der Waals surface area contributed by atoms with E-state index in [1.165, 1.54) is 0 Å². The number of carbonyl (C=O) groups is 1. The molecule has 0 aliphatic rings. The third kappa shape index (κ3) is 2.37. The Hall–Kier alpha value is -2.15. The maximum atomic E-state index is 12.0. The number of carbonyl (C=O) groups excluding carboxylic acids is 1. The molecule has 0 unspecified atom stereocenters. The molecule has 2 aromatic rings. The first kappa shape index (κ1) is 13.3. The van der Waals surface area contributed by atoms with E-state index in [1.54, 1.807) is 30.3 Å². The molecule has 0 saturated carbocycles. The first-order chi connectivity index (χ1) is 9.06. The largest absolute Gasteiger partial charge is 0.504 e. The number of para-hydroxylation sites is 1. The molecule has 0 bridgehead atoms. The van der Waals surface area contributed by atoms with Gasteiger partial charge in [0.1, 0.15) is 4.47 Å². The summed E-state index contributed by atoms with van der Waals surface area (Å²) in [7, 11) is 1.16. The van der Waals surface area contributed by atoms with Gasteiger partial charge >= 0.3 is 5.97 Å². The van der Waals surface area contributed by atoms with E-state index >= 15 is 0 Å². The molecule has 1 N–H and O–H groups in total. The zero-order valence-corrected chi connectivity index (χ0v) is 11.4. The Morgan fingerprint density at radius 3 is 2.58 bits per heavy atom. The van der Waals surface area contributed by atoms with Crippen LogP contribution in [0.2, 0.25) is 0 Å². The van der Waals surface area contributed by atoms with Gasteiger partial charge in [-0.15, -0.1) is 0 Å².